The molecule has 0 aromatic carbocycles. The first-order chi connectivity index (χ1) is 4.79. The van der Waals surface area contributed by atoms with Gasteiger partial charge < -0.3 is 0 Å². The first-order valence-electron chi connectivity index (χ1n) is 4.04. The molecular formula is C9H19P. The summed E-state index contributed by atoms with van der Waals surface area (Å²) >= 11 is 0. The van der Waals surface area contributed by atoms with E-state index in [0.29, 0.717) is 0 Å². The Morgan fingerprint density at radius 1 is 1.10 bits per heavy atom. The van der Waals surface area contributed by atoms with Crippen LogP contribution < -0.4 is 0 Å². The fourth-order valence-electron chi connectivity index (χ4n) is 1.29. The maximum Gasteiger partial charge on any atom is -0.0264 e. The van der Waals surface area contributed by atoms with Crippen molar-refractivity contribution in [3.63, 3.8) is 0 Å². The molecule has 0 heterocycles. The molecule has 0 radical (unpaired) electrons. The average Bonchev–Trinajstić information content (AvgIpc) is 2.00. The van der Waals surface area contributed by atoms with Crippen molar-refractivity contribution in [3.05, 3.63) is 13.2 Å². The summed E-state index contributed by atoms with van der Waals surface area (Å²) in [6.07, 6.45) is 5.78. The van der Waals surface area contributed by atoms with Crippen LogP contribution in [0.3, 0.4) is 0 Å². The topological polar surface area (TPSA) is 0 Å². The van der Waals surface area contributed by atoms with Crippen LogP contribution in [-0.4, -0.2) is 5.66 Å². The molecule has 10 heavy (non-hydrogen) atoms. The van der Waals surface area contributed by atoms with E-state index in [4.69, 9.17) is 0 Å². The largest absolute Gasteiger partial charge is 0.134 e. The van der Waals surface area contributed by atoms with E-state index < -0.39 is 0 Å². The van der Waals surface area contributed by atoms with Gasteiger partial charge in [-0.15, -0.1) is 22.4 Å². The number of hydrogen-bond donors (Lipinski definition) is 0. The fraction of sp³-hybridized carbons (Fsp3) is 0.778. The van der Waals surface area contributed by atoms with E-state index in [2.05, 4.69) is 29.3 Å². The number of rotatable bonds is 0. The summed E-state index contributed by atoms with van der Waals surface area (Å²) in [5, 5.41) is 0. The Morgan fingerprint density at radius 2 is 1.50 bits per heavy atom. The molecule has 1 aliphatic carbocycles. The van der Waals surface area contributed by atoms with Gasteiger partial charge in [0.05, 0.1) is 0 Å². The Bertz CT molecular complexity index is 62.8. The Balaban J connectivity index is 0.000000371. The SMILES string of the molecule is C=C.CC1CCC(P)CC1. The van der Waals surface area contributed by atoms with Gasteiger partial charge in [0.15, 0.2) is 0 Å². The van der Waals surface area contributed by atoms with Crippen LogP contribution in [0.4, 0.5) is 0 Å². The van der Waals surface area contributed by atoms with E-state index in [-0.39, 0.29) is 0 Å². The molecule has 0 spiro atoms. The molecule has 1 atom stereocenters. The normalized spacial score (nSPS) is 32.2. The lowest BCUT2D eigenvalue weighted by Gasteiger charge is -2.22. The second-order valence-corrected chi connectivity index (χ2v) is 3.96. The van der Waals surface area contributed by atoms with Gasteiger partial charge in [0.25, 0.3) is 0 Å². The lowest BCUT2D eigenvalue weighted by Crippen LogP contribution is -2.10. The van der Waals surface area contributed by atoms with Crippen LogP contribution in [0.5, 0.6) is 0 Å². The molecule has 1 rings (SSSR count). The van der Waals surface area contributed by atoms with Crippen LogP contribution in [-0.2, 0) is 0 Å². The smallest absolute Gasteiger partial charge is 0.0264 e. The molecular weight excluding hydrogens is 139 g/mol. The van der Waals surface area contributed by atoms with E-state index in [1.54, 1.807) is 0 Å². The molecule has 0 nitrogen and oxygen atoms in total. The molecule has 1 aliphatic rings. The van der Waals surface area contributed by atoms with Crippen molar-refractivity contribution in [2.24, 2.45) is 5.92 Å². The highest BCUT2D eigenvalue weighted by atomic mass is 31.0. The molecule has 0 aromatic rings. The molecule has 0 aromatic heterocycles. The monoisotopic (exact) mass is 158 g/mol. The molecule has 1 unspecified atom stereocenters. The van der Waals surface area contributed by atoms with Gasteiger partial charge in [-0.25, -0.2) is 0 Å². The molecule has 1 fully saturated rings. The zero-order chi connectivity index (χ0) is 7.98. The van der Waals surface area contributed by atoms with E-state index in [1.807, 2.05) is 0 Å². The van der Waals surface area contributed by atoms with Crippen LogP contribution in [0.1, 0.15) is 32.6 Å². The second kappa shape index (κ2) is 5.92. The second-order valence-electron chi connectivity index (χ2n) is 3.02. The summed E-state index contributed by atoms with van der Waals surface area (Å²) in [5.41, 5.74) is 0.936. The van der Waals surface area contributed by atoms with Crippen molar-refractivity contribution in [1.82, 2.24) is 0 Å². The standard InChI is InChI=1S/C7H15P.C2H4/c1-6-2-4-7(8)5-3-6;1-2/h6-7H,2-5,8H2,1H3;1-2H2. The third-order valence-electron chi connectivity index (χ3n) is 2.06. The summed E-state index contributed by atoms with van der Waals surface area (Å²) in [4.78, 5) is 0. The Hall–Kier alpha value is 0.170. The minimum atomic E-state index is 0.936. The molecule has 0 amide bonds. The highest BCUT2D eigenvalue weighted by molar-refractivity contribution is 7.17. The summed E-state index contributed by atoms with van der Waals surface area (Å²) in [6, 6.07) is 0. The Morgan fingerprint density at radius 3 is 1.80 bits per heavy atom. The summed E-state index contributed by atoms with van der Waals surface area (Å²) in [6.45, 7) is 8.36. The van der Waals surface area contributed by atoms with E-state index in [9.17, 15) is 0 Å². The summed E-state index contributed by atoms with van der Waals surface area (Å²) < 4.78 is 0. The van der Waals surface area contributed by atoms with Crippen LogP contribution in [0.2, 0.25) is 0 Å². The van der Waals surface area contributed by atoms with Crippen LogP contribution in [0, 0.1) is 5.92 Å². The van der Waals surface area contributed by atoms with E-state index in [1.165, 1.54) is 25.7 Å². The van der Waals surface area contributed by atoms with Gasteiger partial charge in [0.2, 0.25) is 0 Å². The zero-order valence-corrected chi connectivity index (χ0v) is 8.13. The van der Waals surface area contributed by atoms with Crippen molar-refractivity contribution in [3.8, 4) is 0 Å². The quantitative estimate of drug-likeness (QED) is 0.375. The predicted octanol–water partition coefficient (Wildman–Crippen LogP) is 3.24. The third-order valence-corrected chi connectivity index (χ3v) is 2.73. The van der Waals surface area contributed by atoms with Crippen LogP contribution >= 0.6 is 9.24 Å². The van der Waals surface area contributed by atoms with Gasteiger partial charge >= 0.3 is 0 Å². The molecule has 1 heteroatoms. The lowest BCUT2D eigenvalue weighted by molar-refractivity contribution is 0.393. The molecule has 0 saturated heterocycles. The van der Waals surface area contributed by atoms with Crippen molar-refractivity contribution >= 4 is 9.24 Å². The Kier molecular flexibility index (Phi) is 6.02. The van der Waals surface area contributed by atoms with E-state index in [0.717, 1.165) is 11.6 Å². The molecule has 0 aliphatic heterocycles. The van der Waals surface area contributed by atoms with Gasteiger partial charge in [-0.1, -0.05) is 19.8 Å². The zero-order valence-electron chi connectivity index (χ0n) is 6.97. The van der Waals surface area contributed by atoms with Gasteiger partial charge in [-0.2, -0.15) is 0 Å². The fourth-order valence-corrected chi connectivity index (χ4v) is 1.67. The molecule has 0 bridgehead atoms. The van der Waals surface area contributed by atoms with Gasteiger partial charge in [0, 0.05) is 0 Å². The molecule has 0 N–H and O–H groups in total. The maximum absolute atomic E-state index is 3.00. The average molecular weight is 158 g/mol. The molecule has 60 valence electrons. The van der Waals surface area contributed by atoms with Crippen molar-refractivity contribution in [1.29, 1.82) is 0 Å². The van der Waals surface area contributed by atoms with Crippen LogP contribution in [0.25, 0.3) is 0 Å². The minimum Gasteiger partial charge on any atom is -0.134 e. The predicted molar refractivity (Wildman–Crippen MR) is 52.4 cm³/mol. The minimum absolute atomic E-state index is 0.936. The van der Waals surface area contributed by atoms with Crippen LogP contribution in [0.15, 0.2) is 13.2 Å². The highest BCUT2D eigenvalue weighted by Crippen LogP contribution is 2.27. The summed E-state index contributed by atoms with van der Waals surface area (Å²) in [5.74, 6) is 1.01. The van der Waals surface area contributed by atoms with E-state index >= 15 is 0 Å². The highest BCUT2D eigenvalue weighted by Gasteiger charge is 2.13. The maximum atomic E-state index is 3.00. The Labute approximate surface area is 67.3 Å². The van der Waals surface area contributed by atoms with Gasteiger partial charge in [-0.05, 0) is 24.4 Å². The van der Waals surface area contributed by atoms with Crippen molar-refractivity contribution < 1.29 is 0 Å². The first-order valence-corrected chi connectivity index (χ1v) is 4.71. The third kappa shape index (κ3) is 4.06. The van der Waals surface area contributed by atoms with Gasteiger partial charge in [-0.3, -0.25) is 0 Å². The molecule has 1 saturated carbocycles. The van der Waals surface area contributed by atoms with Crippen molar-refractivity contribution in [2.45, 2.75) is 38.3 Å². The lowest BCUT2D eigenvalue weighted by atomic mass is 9.91. The summed E-state index contributed by atoms with van der Waals surface area (Å²) in [7, 11) is 2.92. The van der Waals surface area contributed by atoms with Gasteiger partial charge in [0.1, 0.15) is 0 Å². The van der Waals surface area contributed by atoms with Crippen molar-refractivity contribution in [2.75, 3.05) is 0 Å². The number of hydrogen-bond acceptors (Lipinski definition) is 0. The first kappa shape index (κ1) is 10.2.